The van der Waals surface area contributed by atoms with Gasteiger partial charge >= 0.3 is 6.03 Å². The van der Waals surface area contributed by atoms with E-state index in [1.54, 1.807) is 13.3 Å². The number of hydrogen-bond acceptors (Lipinski definition) is 4. The van der Waals surface area contributed by atoms with Gasteiger partial charge in [0.1, 0.15) is 17.6 Å². The molecule has 136 valence electrons. The Bertz CT molecular complexity index is 709. The van der Waals surface area contributed by atoms with Crippen LogP contribution in [0.4, 0.5) is 4.79 Å². The number of aryl methyl sites for hydroxylation is 2. The van der Waals surface area contributed by atoms with Crippen LogP contribution in [0.15, 0.2) is 28.8 Å². The number of urea groups is 1. The molecule has 2 unspecified atom stereocenters. The number of rotatable bonds is 5. The monoisotopic (exact) mass is 346 g/mol. The predicted octanol–water partition coefficient (Wildman–Crippen LogP) is 2.95. The number of piperidine rings is 1. The Hall–Kier alpha value is -2.28. The van der Waals surface area contributed by atoms with Gasteiger partial charge in [0.25, 0.3) is 0 Å². The molecule has 2 amide bonds. The number of likely N-dealkylation sites (tertiary alicyclic amines) is 1. The van der Waals surface area contributed by atoms with Crippen molar-refractivity contribution in [3.05, 3.63) is 41.6 Å². The van der Waals surface area contributed by atoms with Gasteiger partial charge in [-0.05, 0) is 44.4 Å². The molecular formula is C18H26N4O3. The summed E-state index contributed by atoms with van der Waals surface area (Å²) >= 11 is 0. The normalized spacial score (nSPS) is 19.0. The lowest BCUT2D eigenvalue weighted by Crippen LogP contribution is -2.46. The van der Waals surface area contributed by atoms with E-state index in [2.05, 4.69) is 10.4 Å². The third kappa shape index (κ3) is 3.87. The van der Waals surface area contributed by atoms with Crippen molar-refractivity contribution in [3.63, 3.8) is 0 Å². The molecule has 1 aliphatic rings. The van der Waals surface area contributed by atoms with Crippen molar-refractivity contribution in [2.75, 3.05) is 20.3 Å². The number of furan rings is 1. The quantitative estimate of drug-likeness (QED) is 0.903. The minimum atomic E-state index is -0.305. The molecule has 0 aromatic carbocycles. The van der Waals surface area contributed by atoms with Gasteiger partial charge in [-0.25, -0.2) is 4.79 Å². The lowest BCUT2D eigenvalue weighted by atomic mass is 9.99. The Morgan fingerprint density at radius 1 is 1.44 bits per heavy atom. The lowest BCUT2D eigenvalue weighted by Gasteiger charge is -2.36. The van der Waals surface area contributed by atoms with E-state index in [0.717, 1.165) is 37.3 Å². The van der Waals surface area contributed by atoms with Gasteiger partial charge in [-0.2, -0.15) is 5.10 Å². The first-order chi connectivity index (χ1) is 12.1. The highest BCUT2D eigenvalue weighted by atomic mass is 16.5. The van der Waals surface area contributed by atoms with Crippen LogP contribution >= 0.6 is 0 Å². The number of carbonyl (C=O) groups excluding carboxylic acids is 1. The number of ether oxygens (including phenoxy) is 1. The molecule has 0 aliphatic carbocycles. The van der Waals surface area contributed by atoms with Gasteiger partial charge in [-0.3, -0.25) is 4.68 Å². The molecule has 1 N–H and O–H groups in total. The maximum Gasteiger partial charge on any atom is 0.318 e. The topological polar surface area (TPSA) is 72.5 Å². The summed E-state index contributed by atoms with van der Waals surface area (Å²) in [6.07, 6.45) is 4.84. The average Bonchev–Trinajstić information content (AvgIpc) is 3.22. The Kier molecular flexibility index (Phi) is 5.43. The van der Waals surface area contributed by atoms with Crippen LogP contribution in [0.3, 0.4) is 0 Å². The van der Waals surface area contributed by atoms with E-state index in [1.165, 1.54) is 0 Å². The van der Waals surface area contributed by atoms with Crippen molar-refractivity contribution < 1.29 is 13.9 Å². The van der Waals surface area contributed by atoms with Crippen LogP contribution in [0.5, 0.6) is 0 Å². The van der Waals surface area contributed by atoms with E-state index in [0.29, 0.717) is 12.4 Å². The van der Waals surface area contributed by atoms with Gasteiger partial charge in [0.2, 0.25) is 0 Å². The van der Waals surface area contributed by atoms with Crippen LogP contribution in [-0.2, 0) is 11.8 Å². The largest absolute Gasteiger partial charge is 0.464 e. The zero-order valence-electron chi connectivity index (χ0n) is 15.1. The number of nitrogens with one attached hydrogen (secondary N) is 1. The number of amides is 2. The van der Waals surface area contributed by atoms with Crippen LogP contribution in [0.2, 0.25) is 0 Å². The van der Waals surface area contributed by atoms with Crippen LogP contribution in [0, 0.1) is 6.92 Å². The molecule has 7 heteroatoms. The molecule has 0 saturated carbocycles. The van der Waals surface area contributed by atoms with Gasteiger partial charge < -0.3 is 19.4 Å². The summed E-state index contributed by atoms with van der Waals surface area (Å²) in [5.41, 5.74) is 1.06. The number of hydrogen-bond donors (Lipinski definition) is 1. The second-order valence-electron chi connectivity index (χ2n) is 6.49. The first-order valence-electron chi connectivity index (χ1n) is 8.70. The highest BCUT2D eigenvalue weighted by Crippen LogP contribution is 2.31. The van der Waals surface area contributed by atoms with E-state index in [1.807, 2.05) is 41.8 Å². The fraction of sp³-hybridized carbons (Fsp3) is 0.556. The summed E-state index contributed by atoms with van der Waals surface area (Å²) < 4.78 is 12.8. The van der Waals surface area contributed by atoms with Crippen LogP contribution in [0.1, 0.15) is 48.6 Å². The lowest BCUT2D eigenvalue weighted by molar-refractivity contribution is 0.125. The van der Waals surface area contributed by atoms with E-state index >= 15 is 0 Å². The van der Waals surface area contributed by atoms with E-state index < -0.39 is 0 Å². The van der Waals surface area contributed by atoms with Gasteiger partial charge in [0.05, 0.1) is 18.3 Å². The van der Waals surface area contributed by atoms with Crippen molar-refractivity contribution in [2.24, 2.45) is 7.05 Å². The smallest absolute Gasteiger partial charge is 0.318 e. The van der Waals surface area contributed by atoms with Crippen LogP contribution in [-0.4, -0.2) is 41.0 Å². The zero-order valence-corrected chi connectivity index (χ0v) is 15.1. The average molecular weight is 346 g/mol. The number of aromatic nitrogens is 2. The molecule has 1 saturated heterocycles. The van der Waals surface area contributed by atoms with Crippen LogP contribution < -0.4 is 5.32 Å². The summed E-state index contributed by atoms with van der Waals surface area (Å²) in [5.74, 6) is 1.53. The van der Waals surface area contributed by atoms with Crippen molar-refractivity contribution in [1.29, 1.82) is 0 Å². The van der Waals surface area contributed by atoms with E-state index in [-0.39, 0.29) is 18.1 Å². The summed E-state index contributed by atoms with van der Waals surface area (Å²) in [5, 5.41) is 7.32. The van der Waals surface area contributed by atoms with Gasteiger partial charge in [0.15, 0.2) is 0 Å². The SMILES string of the molecule is COCC(NC(=O)N1CCCCC1c1ccnn1C)c1ccc(C)o1. The fourth-order valence-corrected chi connectivity index (χ4v) is 3.43. The second kappa shape index (κ2) is 7.74. The molecule has 0 bridgehead atoms. The molecule has 3 heterocycles. The summed E-state index contributed by atoms with van der Waals surface area (Å²) in [6.45, 7) is 2.99. The van der Waals surface area contributed by atoms with Crippen LogP contribution in [0.25, 0.3) is 0 Å². The molecule has 2 aromatic heterocycles. The van der Waals surface area contributed by atoms with Gasteiger partial charge in [-0.1, -0.05) is 0 Å². The van der Waals surface area contributed by atoms with Gasteiger partial charge in [-0.15, -0.1) is 0 Å². The number of methoxy groups -OCH3 is 1. The van der Waals surface area contributed by atoms with E-state index in [9.17, 15) is 4.79 Å². The summed E-state index contributed by atoms with van der Waals surface area (Å²) in [6, 6.07) is 5.40. The third-order valence-electron chi connectivity index (χ3n) is 4.70. The molecule has 1 aliphatic heterocycles. The number of nitrogens with zero attached hydrogens (tertiary/aromatic N) is 3. The molecule has 2 atom stereocenters. The minimum Gasteiger partial charge on any atom is -0.464 e. The molecular weight excluding hydrogens is 320 g/mol. The first-order valence-corrected chi connectivity index (χ1v) is 8.70. The minimum absolute atomic E-state index is 0.0442. The highest BCUT2D eigenvalue weighted by Gasteiger charge is 2.31. The van der Waals surface area contributed by atoms with Crippen molar-refractivity contribution >= 4 is 6.03 Å². The molecule has 25 heavy (non-hydrogen) atoms. The molecule has 3 rings (SSSR count). The Balaban J connectivity index is 1.76. The molecule has 0 radical (unpaired) electrons. The summed E-state index contributed by atoms with van der Waals surface area (Å²) in [7, 11) is 3.54. The fourth-order valence-electron chi connectivity index (χ4n) is 3.43. The Morgan fingerprint density at radius 3 is 2.92 bits per heavy atom. The predicted molar refractivity (Wildman–Crippen MR) is 93.1 cm³/mol. The molecule has 1 fully saturated rings. The molecule has 0 spiro atoms. The Labute approximate surface area is 147 Å². The van der Waals surface area contributed by atoms with Crippen molar-refractivity contribution in [1.82, 2.24) is 20.0 Å². The zero-order chi connectivity index (χ0) is 17.8. The van der Waals surface area contributed by atoms with Gasteiger partial charge in [0, 0.05) is 26.9 Å². The standard InChI is InChI=1S/C18H26N4O3/c1-13-7-8-17(25-13)14(12-24-3)20-18(23)22-11-5-4-6-16(22)15-9-10-19-21(15)2/h7-10,14,16H,4-6,11-12H2,1-3H3,(H,20,23). The third-order valence-corrected chi connectivity index (χ3v) is 4.70. The Morgan fingerprint density at radius 2 is 2.28 bits per heavy atom. The first kappa shape index (κ1) is 17.5. The number of carbonyl (C=O) groups is 1. The second-order valence-corrected chi connectivity index (χ2v) is 6.49. The van der Waals surface area contributed by atoms with E-state index in [4.69, 9.17) is 9.15 Å². The maximum absolute atomic E-state index is 13.0. The summed E-state index contributed by atoms with van der Waals surface area (Å²) in [4.78, 5) is 14.9. The highest BCUT2D eigenvalue weighted by molar-refractivity contribution is 5.75. The van der Waals surface area contributed by atoms with Crippen molar-refractivity contribution in [2.45, 2.75) is 38.3 Å². The molecule has 2 aromatic rings. The molecule has 7 nitrogen and oxygen atoms in total. The maximum atomic E-state index is 13.0. The van der Waals surface area contributed by atoms with Crippen molar-refractivity contribution in [3.8, 4) is 0 Å².